The summed E-state index contributed by atoms with van der Waals surface area (Å²) in [7, 11) is 1.67. The molecule has 0 saturated carbocycles. The van der Waals surface area contributed by atoms with E-state index in [1.54, 1.807) is 7.11 Å². The summed E-state index contributed by atoms with van der Waals surface area (Å²) in [6.07, 6.45) is 0.494. The van der Waals surface area contributed by atoms with Crippen LogP contribution in [0.25, 0.3) is 0 Å². The van der Waals surface area contributed by atoms with Gasteiger partial charge in [0.15, 0.2) is 0 Å². The predicted molar refractivity (Wildman–Crippen MR) is 81.2 cm³/mol. The third-order valence-corrected chi connectivity index (χ3v) is 2.89. The van der Waals surface area contributed by atoms with Crippen molar-refractivity contribution in [1.82, 2.24) is 5.32 Å². The average Bonchev–Trinajstić information content (AvgIpc) is 2.44. The van der Waals surface area contributed by atoms with Crippen molar-refractivity contribution in [2.75, 3.05) is 33.4 Å². The topological polar surface area (TPSA) is 50.7 Å². The fourth-order valence-electron chi connectivity index (χ4n) is 1.79. The molecule has 1 unspecified atom stereocenters. The van der Waals surface area contributed by atoms with Crippen LogP contribution >= 0.6 is 0 Å². The molecule has 0 heterocycles. The Morgan fingerprint density at radius 3 is 2.45 bits per heavy atom. The van der Waals surface area contributed by atoms with Crippen LogP contribution in [0, 0.1) is 5.92 Å². The fourth-order valence-corrected chi connectivity index (χ4v) is 1.79. The van der Waals surface area contributed by atoms with Gasteiger partial charge in [-0.2, -0.15) is 0 Å². The Morgan fingerprint density at radius 1 is 1.15 bits per heavy atom. The van der Waals surface area contributed by atoms with Gasteiger partial charge in [0.1, 0.15) is 5.75 Å². The normalized spacial score (nSPS) is 12.7. The lowest BCUT2D eigenvalue weighted by Gasteiger charge is -2.13. The number of benzene rings is 1. The molecule has 4 heteroatoms. The highest BCUT2D eigenvalue weighted by Gasteiger charge is 2.04. The molecule has 0 aliphatic heterocycles. The molecule has 0 aliphatic rings. The Hall–Kier alpha value is -1.10. The smallest absolute Gasteiger partial charge is 0.118 e. The maximum Gasteiger partial charge on any atom is 0.118 e. The Balaban J connectivity index is 2.08. The van der Waals surface area contributed by atoms with Gasteiger partial charge in [0.05, 0.1) is 19.8 Å². The molecule has 1 aromatic rings. The second-order valence-electron chi connectivity index (χ2n) is 5.39. The molecular weight excluding hydrogens is 254 g/mol. The third-order valence-electron chi connectivity index (χ3n) is 2.89. The van der Waals surface area contributed by atoms with Crippen molar-refractivity contribution in [2.24, 2.45) is 5.92 Å². The van der Waals surface area contributed by atoms with Crippen LogP contribution in [0.4, 0.5) is 0 Å². The summed E-state index contributed by atoms with van der Waals surface area (Å²) in [5, 5.41) is 13.0. The first-order valence-corrected chi connectivity index (χ1v) is 7.21. The summed E-state index contributed by atoms with van der Waals surface area (Å²) >= 11 is 0. The SMILES string of the molecule is COc1ccc(CCNCC(O)COCC(C)C)cc1. The maximum atomic E-state index is 9.72. The van der Waals surface area contributed by atoms with Crippen LogP contribution in [-0.2, 0) is 11.2 Å². The third kappa shape index (κ3) is 7.48. The first-order valence-electron chi connectivity index (χ1n) is 7.21. The van der Waals surface area contributed by atoms with E-state index in [1.807, 2.05) is 12.1 Å². The highest BCUT2D eigenvalue weighted by molar-refractivity contribution is 5.27. The van der Waals surface area contributed by atoms with Crippen molar-refractivity contribution >= 4 is 0 Å². The molecule has 114 valence electrons. The number of rotatable bonds is 10. The molecule has 1 rings (SSSR count). The molecule has 1 atom stereocenters. The van der Waals surface area contributed by atoms with Gasteiger partial charge in [-0.05, 0) is 36.6 Å². The van der Waals surface area contributed by atoms with Crippen molar-refractivity contribution in [3.63, 3.8) is 0 Å². The van der Waals surface area contributed by atoms with Gasteiger partial charge in [0.2, 0.25) is 0 Å². The second-order valence-corrected chi connectivity index (χ2v) is 5.39. The standard InChI is InChI=1S/C16H27NO3/c1-13(2)11-20-12-15(18)10-17-9-8-14-4-6-16(19-3)7-5-14/h4-7,13,15,17-18H,8-12H2,1-3H3. The Bertz CT molecular complexity index is 351. The zero-order valence-electron chi connectivity index (χ0n) is 12.8. The number of aliphatic hydroxyl groups is 1. The molecule has 0 aromatic heterocycles. The highest BCUT2D eigenvalue weighted by Crippen LogP contribution is 2.11. The van der Waals surface area contributed by atoms with E-state index in [4.69, 9.17) is 9.47 Å². The largest absolute Gasteiger partial charge is 0.497 e. The lowest BCUT2D eigenvalue weighted by atomic mass is 10.1. The van der Waals surface area contributed by atoms with Crippen LogP contribution < -0.4 is 10.1 Å². The van der Waals surface area contributed by atoms with Gasteiger partial charge in [-0.1, -0.05) is 26.0 Å². The zero-order chi connectivity index (χ0) is 14.8. The van der Waals surface area contributed by atoms with Crippen molar-refractivity contribution < 1.29 is 14.6 Å². The fraction of sp³-hybridized carbons (Fsp3) is 0.625. The Morgan fingerprint density at radius 2 is 1.85 bits per heavy atom. The summed E-state index contributed by atoms with van der Waals surface area (Å²) in [5.41, 5.74) is 1.25. The van der Waals surface area contributed by atoms with Gasteiger partial charge in [-0.25, -0.2) is 0 Å². The van der Waals surface area contributed by atoms with Crippen molar-refractivity contribution in [1.29, 1.82) is 0 Å². The first kappa shape index (κ1) is 17.0. The summed E-state index contributed by atoms with van der Waals surface area (Å²) in [6.45, 7) is 6.69. The van der Waals surface area contributed by atoms with Crippen LogP contribution in [0.1, 0.15) is 19.4 Å². The number of nitrogens with one attached hydrogen (secondary N) is 1. The molecule has 0 bridgehead atoms. The van der Waals surface area contributed by atoms with Crippen molar-refractivity contribution in [2.45, 2.75) is 26.4 Å². The van der Waals surface area contributed by atoms with E-state index in [-0.39, 0.29) is 0 Å². The zero-order valence-corrected chi connectivity index (χ0v) is 12.8. The minimum atomic E-state index is -0.440. The van der Waals surface area contributed by atoms with Crippen LogP contribution in [0.2, 0.25) is 0 Å². The minimum absolute atomic E-state index is 0.397. The Labute approximate surface area is 122 Å². The monoisotopic (exact) mass is 281 g/mol. The quantitative estimate of drug-likeness (QED) is 0.643. The number of hydrogen-bond acceptors (Lipinski definition) is 4. The summed E-state index contributed by atoms with van der Waals surface area (Å²) in [4.78, 5) is 0. The summed E-state index contributed by atoms with van der Waals surface area (Å²) < 4.78 is 10.5. The second kappa shape index (κ2) is 9.75. The molecule has 0 saturated heterocycles. The molecular formula is C16H27NO3. The van der Waals surface area contributed by atoms with E-state index in [0.717, 1.165) is 18.7 Å². The molecule has 0 spiro atoms. The van der Waals surface area contributed by atoms with Gasteiger partial charge in [0, 0.05) is 13.2 Å². The van der Waals surface area contributed by atoms with Gasteiger partial charge in [0.25, 0.3) is 0 Å². The number of methoxy groups -OCH3 is 1. The Kier molecular flexibility index (Phi) is 8.26. The van der Waals surface area contributed by atoms with Gasteiger partial charge in [-0.3, -0.25) is 0 Å². The van der Waals surface area contributed by atoms with Crippen LogP contribution in [-0.4, -0.2) is 44.6 Å². The molecule has 0 aliphatic carbocycles. The average molecular weight is 281 g/mol. The van der Waals surface area contributed by atoms with Crippen molar-refractivity contribution in [3.05, 3.63) is 29.8 Å². The number of hydrogen-bond donors (Lipinski definition) is 2. The molecule has 1 aromatic carbocycles. The molecule has 0 amide bonds. The molecule has 20 heavy (non-hydrogen) atoms. The van der Waals surface area contributed by atoms with E-state index in [9.17, 15) is 5.11 Å². The van der Waals surface area contributed by atoms with E-state index in [2.05, 4.69) is 31.3 Å². The van der Waals surface area contributed by atoms with Crippen LogP contribution in [0.5, 0.6) is 5.75 Å². The molecule has 0 fully saturated rings. The summed E-state index contributed by atoms with van der Waals surface area (Å²) in [5.74, 6) is 1.38. The predicted octanol–water partition coefficient (Wildman–Crippen LogP) is 1.86. The van der Waals surface area contributed by atoms with Crippen LogP contribution in [0.15, 0.2) is 24.3 Å². The first-order chi connectivity index (χ1) is 9.61. The summed E-state index contributed by atoms with van der Waals surface area (Å²) in [6, 6.07) is 8.04. The van der Waals surface area contributed by atoms with Crippen molar-refractivity contribution in [3.8, 4) is 5.75 Å². The molecule has 2 N–H and O–H groups in total. The lowest BCUT2D eigenvalue weighted by Crippen LogP contribution is -2.32. The molecule has 0 radical (unpaired) electrons. The molecule has 4 nitrogen and oxygen atoms in total. The van der Waals surface area contributed by atoms with E-state index < -0.39 is 6.10 Å². The minimum Gasteiger partial charge on any atom is -0.497 e. The maximum absolute atomic E-state index is 9.72. The van der Waals surface area contributed by atoms with Crippen LogP contribution in [0.3, 0.4) is 0 Å². The number of aliphatic hydroxyl groups excluding tert-OH is 1. The van der Waals surface area contributed by atoms with Gasteiger partial charge < -0.3 is 19.9 Å². The van der Waals surface area contributed by atoms with E-state index in [0.29, 0.717) is 25.7 Å². The number of ether oxygens (including phenoxy) is 2. The van der Waals surface area contributed by atoms with Gasteiger partial charge in [-0.15, -0.1) is 0 Å². The lowest BCUT2D eigenvalue weighted by molar-refractivity contribution is 0.0263. The van der Waals surface area contributed by atoms with Gasteiger partial charge >= 0.3 is 0 Å². The van der Waals surface area contributed by atoms with E-state index in [1.165, 1.54) is 5.56 Å². The van der Waals surface area contributed by atoms with E-state index >= 15 is 0 Å². The highest BCUT2D eigenvalue weighted by atomic mass is 16.5.